The van der Waals surface area contributed by atoms with E-state index >= 15 is 0 Å². The SMILES string of the molecule is Clc1nc(N2CCCc3ccccc3C2)c2ccsc2n1. The van der Waals surface area contributed by atoms with Crippen LogP contribution < -0.4 is 4.90 Å². The maximum atomic E-state index is 6.10. The van der Waals surface area contributed by atoms with E-state index in [0.717, 1.165) is 42.0 Å². The molecule has 1 aliphatic heterocycles. The Labute approximate surface area is 132 Å². The summed E-state index contributed by atoms with van der Waals surface area (Å²) in [5.74, 6) is 0.961. The van der Waals surface area contributed by atoms with Gasteiger partial charge in [0.15, 0.2) is 0 Å². The van der Waals surface area contributed by atoms with Crippen LogP contribution in [-0.2, 0) is 13.0 Å². The van der Waals surface area contributed by atoms with Crippen molar-refractivity contribution in [1.29, 1.82) is 0 Å². The molecule has 0 aliphatic carbocycles. The average Bonchev–Trinajstić information content (AvgIpc) is 2.84. The number of benzene rings is 1. The predicted octanol–water partition coefficient (Wildman–Crippen LogP) is 4.30. The molecule has 5 heteroatoms. The van der Waals surface area contributed by atoms with Crippen LogP contribution in [0.25, 0.3) is 10.2 Å². The van der Waals surface area contributed by atoms with Crippen molar-refractivity contribution in [2.24, 2.45) is 0 Å². The van der Waals surface area contributed by atoms with Crippen molar-refractivity contribution in [2.75, 3.05) is 11.4 Å². The summed E-state index contributed by atoms with van der Waals surface area (Å²) in [6.07, 6.45) is 2.25. The summed E-state index contributed by atoms with van der Waals surface area (Å²) in [6, 6.07) is 10.7. The first kappa shape index (κ1) is 13.0. The Balaban J connectivity index is 1.80. The van der Waals surface area contributed by atoms with Crippen LogP contribution in [0, 0.1) is 0 Å². The molecule has 0 bridgehead atoms. The number of fused-ring (bicyclic) bond motifs is 2. The minimum atomic E-state index is 0.331. The largest absolute Gasteiger partial charge is 0.352 e. The molecule has 1 aliphatic rings. The lowest BCUT2D eigenvalue weighted by Gasteiger charge is -2.22. The number of anilines is 1. The molecule has 21 heavy (non-hydrogen) atoms. The van der Waals surface area contributed by atoms with Gasteiger partial charge >= 0.3 is 0 Å². The molecule has 3 nitrogen and oxygen atoms in total. The van der Waals surface area contributed by atoms with E-state index in [2.05, 4.69) is 45.2 Å². The van der Waals surface area contributed by atoms with Gasteiger partial charge in [-0.3, -0.25) is 0 Å². The van der Waals surface area contributed by atoms with E-state index in [1.165, 1.54) is 11.1 Å². The monoisotopic (exact) mass is 315 g/mol. The summed E-state index contributed by atoms with van der Waals surface area (Å²) in [4.78, 5) is 12.1. The second-order valence-corrected chi connectivity index (χ2v) is 6.48. The van der Waals surface area contributed by atoms with Gasteiger partial charge < -0.3 is 4.90 Å². The van der Waals surface area contributed by atoms with Crippen LogP contribution in [0.15, 0.2) is 35.7 Å². The molecule has 0 amide bonds. The Kier molecular flexibility index (Phi) is 3.28. The lowest BCUT2D eigenvalue weighted by Crippen LogP contribution is -2.24. The van der Waals surface area contributed by atoms with E-state index in [-0.39, 0.29) is 0 Å². The third kappa shape index (κ3) is 2.39. The molecule has 0 unspecified atom stereocenters. The summed E-state index contributed by atoms with van der Waals surface area (Å²) < 4.78 is 0. The van der Waals surface area contributed by atoms with Crippen LogP contribution >= 0.6 is 22.9 Å². The molecule has 4 rings (SSSR count). The van der Waals surface area contributed by atoms with Gasteiger partial charge in [0.25, 0.3) is 0 Å². The van der Waals surface area contributed by atoms with E-state index < -0.39 is 0 Å². The van der Waals surface area contributed by atoms with Gasteiger partial charge in [0, 0.05) is 13.1 Å². The van der Waals surface area contributed by atoms with Gasteiger partial charge in [0.1, 0.15) is 10.6 Å². The Morgan fingerprint density at radius 2 is 1.95 bits per heavy atom. The topological polar surface area (TPSA) is 29.0 Å². The predicted molar refractivity (Wildman–Crippen MR) is 88.2 cm³/mol. The lowest BCUT2D eigenvalue weighted by atomic mass is 10.0. The molecule has 106 valence electrons. The number of hydrogen-bond donors (Lipinski definition) is 0. The standard InChI is InChI=1S/C16H14ClN3S/c17-16-18-14(13-7-9-21-15(13)19-16)20-8-3-6-11-4-1-2-5-12(11)10-20/h1-2,4-5,7,9H,3,6,8,10H2. The summed E-state index contributed by atoms with van der Waals surface area (Å²) in [5.41, 5.74) is 2.83. The fraction of sp³-hybridized carbons (Fsp3) is 0.250. The number of halogens is 1. The average molecular weight is 316 g/mol. The molecule has 3 heterocycles. The molecule has 0 saturated carbocycles. The van der Waals surface area contributed by atoms with Crippen molar-refractivity contribution in [3.05, 3.63) is 52.1 Å². The number of hydrogen-bond acceptors (Lipinski definition) is 4. The Morgan fingerprint density at radius 1 is 1.10 bits per heavy atom. The highest BCUT2D eigenvalue weighted by Crippen LogP contribution is 2.31. The lowest BCUT2D eigenvalue weighted by molar-refractivity contribution is 0.757. The van der Waals surface area contributed by atoms with Crippen molar-refractivity contribution >= 4 is 39.0 Å². The normalized spacial score (nSPS) is 15.0. The second-order valence-electron chi connectivity index (χ2n) is 5.25. The van der Waals surface area contributed by atoms with Gasteiger partial charge in [0.2, 0.25) is 5.28 Å². The molecular formula is C16H14ClN3S. The molecule has 0 spiro atoms. The van der Waals surface area contributed by atoms with Gasteiger partial charge in [-0.05, 0) is 47.0 Å². The first-order valence-electron chi connectivity index (χ1n) is 7.04. The van der Waals surface area contributed by atoms with E-state index in [9.17, 15) is 0 Å². The number of rotatable bonds is 1. The molecular weight excluding hydrogens is 302 g/mol. The summed E-state index contributed by atoms with van der Waals surface area (Å²) in [5, 5.41) is 3.48. The zero-order valence-corrected chi connectivity index (χ0v) is 13.0. The Morgan fingerprint density at radius 3 is 2.86 bits per heavy atom. The number of thiophene rings is 1. The summed E-state index contributed by atoms with van der Waals surface area (Å²) in [7, 11) is 0. The third-order valence-electron chi connectivity index (χ3n) is 3.93. The molecule has 1 aromatic carbocycles. The fourth-order valence-electron chi connectivity index (χ4n) is 2.94. The third-order valence-corrected chi connectivity index (χ3v) is 4.91. The Hall–Kier alpha value is -1.65. The summed E-state index contributed by atoms with van der Waals surface area (Å²) in [6.45, 7) is 1.88. The van der Waals surface area contributed by atoms with Gasteiger partial charge in [-0.15, -0.1) is 11.3 Å². The van der Waals surface area contributed by atoms with Crippen molar-refractivity contribution < 1.29 is 0 Å². The first-order chi connectivity index (χ1) is 10.3. The van der Waals surface area contributed by atoms with Crippen molar-refractivity contribution in [1.82, 2.24) is 9.97 Å². The highest BCUT2D eigenvalue weighted by Gasteiger charge is 2.19. The molecule has 3 aromatic rings. The van der Waals surface area contributed by atoms with Crippen molar-refractivity contribution in [3.8, 4) is 0 Å². The van der Waals surface area contributed by atoms with E-state index in [4.69, 9.17) is 11.6 Å². The van der Waals surface area contributed by atoms with Crippen molar-refractivity contribution in [3.63, 3.8) is 0 Å². The fourth-order valence-corrected chi connectivity index (χ4v) is 3.91. The molecule has 0 fully saturated rings. The van der Waals surface area contributed by atoms with Crippen LogP contribution in [0.5, 0.6) is 0 Å². The minimum absolute atomic E-state index is 0.331. The van der Waals surface area contributed by atoms with Crippen LogP contribution in [0.4, 0.5) is 5.82 Å². The Bertz CT molecular complexity index is 799. The minimum Gasteiger partial charge on any atom is -0.352 e. The number of nitrogens with zero attached hydrogens (tertiary/aromatic N) is 3. The van der Waals surface area contributed by atoms with Crippen LogP contribution in [-0.4, -0.2) is 16.5 Å². The van der Waals surface area contributed by atoms with Gasteiger partial charge in [-0.1, -0.05) is 24.3 Å². The highest BCUT2D eigenvalue weighted by atomic mass is 35.5. The maximum Gasteiger partial charge on any atom is 0.225 e. The molecule has 0 atom stereocenters. The van der Waals surface area contributed by atoms with E-state index in [0.29, 0.717) is 5.28 Å². The molecule has 2 aromatic heterocycles. The van der Waals surface area contributed by atoms with Crippen LogP contribution in [0.2, 0.25) is 5.28 Å². The van der Waals surface area contributed by atoms with Crippen molar-refractivity contribution in [2.45, 2.75) is 19.4 Å². The molecule has 0 N–H and O–H groups in total. The maximum absolute atomic E-state index is 6.10. The first-order valence-corrected chi connectivity index (χ1v) is 8.29. The van der Waals surface area contributed by atoms with E-state index in [1.54, 1.807) is 11.3 Å². The van der Waals surface area contributed by atoms with Crippen LogP contribution in [0.3, 0.4) is 0 Å². The van der Waals surface area contributed by atoms with Gasteiger partial charge in [-0.25, -0.2) is 4.98 Å². The van der Waals surface area contributed by atoms with Gasteiger partial charge in [0.05, 0.1) is 5.39 Å². The molecule has 0 saturated heterocycles. The number of aromatic nitrogens is 2. The zero-order chi connectivity index (χ0) is 14.2. The zero-order valence-electron chi connectivity index (χ0n) is 11.4. The van der Waals surface area contributed by atoms with E-state index in [1.807, 2.05) is 5.38 Å². The molecule has 0 radical (unpaired) electrons. The second kappa shape index (κ2) is 5.28. The highest BCUT2D eigenvalue weighted by molar-refractivity contribution is 7.16. The number of aryl methyl sites for hydroxylation is 1. The van der Waals surface area contributed by atoms with Crippen LogP contribution in [0.1, 0.15) is 17.5 Å². The van der Waals surface area contributed by atoms with Gasteiger partial charge in [-0.2, -0.15) is 4.98 Å². The smallest absolute Gasteiger partial charge is 0.225 e. The quantitative estimate of drug-likeness (QED) is 0.627. The summed E-state index contributed by atoms with van der Waals surface area (Å²) >= 11 is 7.71.